The van der Waals surface area contributed by atoms with Crippen molar-refractivity contribution in [2.45, 2.75) is 125 Å². The Balaban J connectivity index is 1.70. The molecule has 16 heteroatoms. The van der Waals surface area contributed by atoms with E-state index in [1.807, 2.05) is 68.5 Å². The van der Waals surface area contributed by atoms with Crippen LogP contribution in [0, 0.1) is 30.6 Å². The molecule has 1 aliphatic carbocycles. The maximum absolute atomic E-state index is 14.8. The number of carbonyl (C=O) groups is 5. The number of nitrogens with zero attached hydrogens (tertiary/aromatic N) is 3. The fourth-order valence-corrected chi connectivity index (χ4v) is 8.99. The van der Waals surface area contributed by atoms with Crippen LogP contribution in [0.25, 0.3) is 0 Å². The Bertz CT molecular complexity index is 2170. The number of ketones is 3. The zero-order chi connectivity index (χ0) is 48.2. The van der Waals surface area contributed by atoms with Gasteiger partial charge in [-0.3, -0.25) is 29.0 Å². The Kier molecular flexibility index (Phi) is 16.4. The quantitative estimate of drug-likeness (QED) is 0.225. The summed E-state index contributed by atoms with van der Waals surface area (Å²) in [6, 6.07) is 0. The number of rotatable bonds is 8. The van der Waals surface area contributed by atoms with Crippen molar-refractivity contribution in [1.29, 1.82) is 0 Å². The first-order valence-corrected chi connectivity index (χ1v) is 22.5. The van der Waals surface area contributed by atoms with Gasteiger partial charge < -0.3 is 43.7 Å². The van der Waals surface area contributed by atoms with Gasteiger partial charge in [0.05, 0.1) is 65.3 Å². The van der Waals surface area contributed by atoms with E-state index in [9.17, 15) is 29.1 Å². The number of fused-ring (bicyclic) bond motifs is 14. The molecule has 9 atom stereocenters. The van der Waals surface area contributed by atoms with Crippen LogP contribution in [0.2, 0.25) is 0 Å². The molecular formula is C49H68N4O12. The van der Waals surface area contributed by atoms with Gasteiger partial charge in [0.25, 0.3) is 11.7 Å². The summed E-state index contributed by atoms with van der Waals surface area (Å²) in [6.07, 6.45) is 6.55. The van der Waals surface area contributed by atoms with Crippen LogP contribution in [-0.2, 0) is 33.3 Å². The van der Waals surface area contributed by atoms with Crippen LogP contribution in [0.4, 0.5) is 0 Å². The minimum Gasteiger partial charge on any atom is -0.507 e. The van der Waals surface area contributed by atoms with Crippen molar-refractivity contribution >= 4 is 35.4 Å². The fourth-order valence-electron chi connectivity index (χ4n) is 8.99. The summed E-state index contributed by atoms with van der Waals surface area (Å²) in [5, 5.41) is 20.6. The highest BCUT2D eigenvalue weighted by Crippen LogP contribution is 2.48. The van der Waals surface area contributed by atoms with E-state index in [1.165, 1.54) is 40.4 Å². The summed E-state index contributed by atoms with van der Waals surface area (Å²) in [7, 11) is 3.48. The van der Waals surface area contributed by atoms with E-state index in [2.05, 4.69) is 15.3 Å². The molecule has 0 radical (unpaired) electrons. The number of allylic oxidation sites excluding steroid dienone is 4. The van der Waals surface area contributed by atoms with Gasteiger partial charge in [0.2, 0.25) is 5.78 Å². The predicted octanol–water partition coefficient (Wildman–Crippen LogP) is 6.10. The number of likely N-dealkylation sites (N-methyl/N-ethyl adjacent to an activating group) is 1. The van der Waals surface area contributed by atoms with E-state index < -0.39 is 93.8 Å². The molecule has 5 aliphatic rings. The minimum atomic E-state index is -2.07. The lowest BCUT2D eigenvalue weighted by Gasteiger charge is -2.42. The topological polar surface area (TPSA) is 192 Å². The average Bonchev–Trinajstić information content (AvgIpc) is 3.51. The SMILES string of the molecule is CO[C@H]1/C=C/O[C@@]2(C)Oc3c(C)c(O)c4c(c3C2=O)C(=O)C(/C=N/N2CCN(C)CC2)=C(NC(=O)/C(C)=C\C=C\[C@H](C)[C@H](OC(C)C)[C@@H](C)[C@@H](OC(C)C)[C@@H](C)[C@H](OC(C)=O)[C@@H]1C)C4=O. The number of nitrogens with one attached hydrogen (secondary N) is 1. The summed E-state index contributed by atoms with van der Waals surface area (Å²) >= 11 is 0. The van der Waals surface area contributed by atoms with Gasteiger partial charge in [-0.1, -0.05) is 45.9 Å². The molecule has 65 heavy (non-hydrogen) atoms. The van der Waals surface area contributed by atoms with Crippen LogP contribution in [0.15, 0.2) is 52.5 Å². The highest BCUT2D eigenvalue weighted by Gasteiger charge is 2.53. The van der Waals surface area contributed by atoms with Gasteiger partial charge in [0.15, 0.2) is 5.78 Å². The number of methoxy groups -OCH3 is 1. The molecule has 0 saturated carbocycles. The minimum absolute atomic E-state index is 0.0133. The number of Topliss-reactive ketones (excluding diaryl/α,β-unsaturated/α-hetero) is 3. The van der Waals surface area contributed by atoms with Crippen molar-refractivity contribution in [2.75, 3.05) is 40.3 Å². The van der Waals surface area contributed by atoms with E-state index in [1.54, 1.807) is 30.2 Å². The summed E-state index contributed by atoms with van der Waals surface area (Å²) in [5.41, 5.74) is -1.56. The number of amides is 1. The molecule has 1 aromatic rings. The van der Waals surface area contributed by atoms with Crippen LogP contribution < -0.4 is 10.1 Å². The summed E-state index contributed by atoms with van der Waals surface area (Å²) < 4.78 is 37.5. The first kappa shape index (κ1) is 50.8. The number of hydrogen-bond acceptors (Lipinski definition) is 15. The number of phenolic OH excluding ortho intramolecular Hbond substituents is 1. The number of piperazine rings is 1. The molecule has 1 aromatic carbocycles. The molecule has 0 aromatic heterocycles. The number of benzene rings is 1. The third kappa shape index (κ3) is 10.9. The van der Waals surface area contributed by atoms with Gasteiger partial charge in [0, 0.05) is 81.9 Å². The Hall–Kier alpha value is -5.16. The second-order valence-corrected chi connectivity index (χ2v) is 18.4. The first-order valence-electron chi connectivity index (χ1n) is 22.5. The molecule has 5 bridgehead atoms. The zero-order valence-corrected chi connectivity index (χ0v) is 40.3. The second kappa shape index (κ2) is 21.0. The number of ether oxygens (including phenoxy) is 6. The van der Waals surface area contributed by atoms with Crippen LogP contribution >= 0.6 is 0 Å². The smallest absolute Gasteiger partial charge is 0.312 e. The monoisotopic (exact) mass is 904 g/mol. The Morgan fingerprint density at radius 1 is 0.892 bits per heavy atom. The van der Waals surface area contributed by atoms with Crippen molar-refractivity contribution in [3.63, 3.8) is 0 Å². The molecule has 16 nitrogen and oxygen atoms in total. The zero-order valence-electron chi connectivity index (χ0n) is 40.3. The molecule has 2 N–H and O–H groups in total. The molecule has 1 saturated heterocycles. The molecule has 0 unspecified atom stereocenters. The number of carbonyl (C=O) groups excluding carboxylic acids is 5. The standard InChI is InChI=1S/C49H68N4O12/c1-25(2)62-43-27(5)16-15-17-28(6)48(59)51-39-34(24-50-53-21-19-52(13)20-22-53)41(56)36-37(42(39)57)40(55)30(8)46-38(36)47(58)49(12,65-46)61-23-18-35(60-14)29(7)44(64-33(11)54)32(10)45(31(43)9)63-26(3)4/h15-18,23-27,29,31-32,35,43-45,55H,19-22H2,1-14H3,(H,51,59)/b16-15+,23-18+,28-17-,50-24+/t27-,29+,31+,32-,35-,43-,44+,45+,49-/m0/s1. The third-order valence-electron chi connectivity index (χ3n) is 12.6. The van der Waals surface area contributed by atoms with E-state index in [4.69, 9.17) is 28.4 Å². The third-order valence-corrected chi connectivity index (χ3v) is 12.6. The van der Waals surface area contributed by atoms with E-state index >= 15 is 0 Å². The van der Waals surface area contributed by atoms with E-state index in [0.717, 1.165) is 0 Å². The summed E-state index contributed by atoms with van der Waals surface area (Å²) in [4.78, 5) is 72.8. The van der Waals surface area contributed by atoms with Crippen molar-refractivity contribution in [2.24, 2.45) is 28.8 Å². The maximum atomic E-state index is 14.8. The van der Waals surface area contributed by atoms with Gasteiger partial charge >= 0.3 is 11.8 Å². The van der Waals surface area contributed by atoms with Crippen molar-refractivity contribution in [1.82, 2.24) is 15.2 Å². The normalized spacial score (nSPS) is 31.5. The van der Waals surface area contributed by atoms with E-state index in [-0.39, 0.29) is 52.1 Å². The van der Waals surface area contributed by atoms with Crippen molar-refractivity contribution in [3.8, 4) is 11.5 Å². The van der Waals surface area contributed by atoms with Gasteiger partial charge in [-0.2, -0.15) is 5.10 Å². The van der Waals surface area contributed by atoms with Crippen LogP contribution in [0.5, 0.6) is 11.5 Å². The average molecular weight is 905 g/mol. The molecular weight excluding hydrogens is 837 g/mol. The van der Waals surface area contributed by atoms with Crippen LogP contribution in [0.3, 0.4) is 0 Å². The molecule has 4 heterocycles. The van der Waals surface area contributed by atoms with Crippen LogP contribution in [-0.4, -0.2) is 133 Å². The first-order chi connectivity index (χ1) is 30.5. The van der Waals surface area contributed by atoms with Crippen molar-refractivity contribution < 1.29 is 57.5 Å². The number of hydrazone groups is 1. The lowest BCUT2D eigenvalue weighted by molar-refractivity contribution is -0.170. The highest BCUT2D eigenvalue weighted by molar-refractivity contribution is 6.37. The van der Waals surface area contributed by atoms with Gasteiger partial charge in [-0.25, -0.2) is 0 Å². The Morgan fingerprint density at radius 3 is 2.11 bits per heavy atom. The predicted molar refractivity (Wildman–Crippen MR) is 244 cm³/mol. The lowest BCUT2D eigenvalue weighted by Crippen LogP contribution is -2.49. The highest BCUT2D eigenvalue weighted by atomic mass is 16.7. The Labute approximate surface area is 383 Å². The number of hydrogen-bond donors (Lipinski definition) is 2. The van der Waals surface area contributed by atoms with Gasteiger partial charge in [-0.05, 0) is 54.7 Å². The fraction of sp³-hybridized carbons (Fsp3) is 0.592. The Morgan fingerprint density at radius 2 is 1.51 bits per heavy atom. The second-order valence-electron chi connectivity index (χ2n) is 18.4. The molecule has 0 spiro atoms. The maximum Gasteiger partial charge on any atom is 0.312 e. The summed E-state index contributed by atoms with van der Waals surface area (Å²) in [5.74, 6) is -7.86. The largest absolute Gasteiger partial charge is 0.507 e. The number of phenols is 1. The summed E-state index contributed by atoms with van der Waals surface area (Å²) in [6.45, 7) is 23.9. The molecule has 356 valence electrons. The molecule has 1 fully saturated rings. The van der Waals surface area contributed by atoms with Gasteiger partial charge in [-0.15, -0.1) is 0 Å². The number of aromatic hydroxyl groups is 1. The molecule has 4 aliphatic heterocycles. The molecule has 6 rings (SSSR count). The van der Waals surface area contributed by atoms with E-state index in [0.29, 0.717) is 26.2 Å². The lowest BCUT2D eigenvalue weighted by atomic mass is 9.78. The van der Waals surface area contributed by atoms with Gasteiger partial charge in [0.1, 0.15) is 23.3 Å². The van der Waals surface area contributed by atoms with Crippen LogP contribution in [0.1, 0.15) is 113 Å². The molecule has 1 amide bonds. The van der Waals surface area contributed by atoms with Crippen molar-refractivity contribution in [3.05, 3.63) is 69.7 Å². The number of esters is 1.